The highest BCUT2D eigenvalue weighted by Gasteiger charge is 2.27. The zero-order chi connectivity index (χ0) is 17.4. The SMILES string of the molecule is CCn1nc(C)c2nc(N)n(C3CCCN(Cc4ccccc4)C3)c21. The first kappa shape index (κ1) is 16.1. The number of anilines is 1. The predicted octanol–water partition coefficient (Wildman–Crippen LogP) is 2.98. The standard InChI is InChI=1S/C19H26N6/c1-3-24-18-17(14(2)22-24)21-19(20)25(18)16-10-7-11-23(13-16)12-15-8-5-4-6-9-15/h4-6,8-9,16H,3,7,10-13H2,1-2H3,(H2,20,21). The lowest BCUT2D eigenvalue weighted by molar-refractivity contribution is 0.172. The second-order valence-corrected chi connectivity index (χ2v) is 6.93. The molecule has 1 fully saturated rings. The van der Waals surface area contributed by atoms with E-state index in [-0.39, 0.29) is 0 Å². The molecule has 2 aromatic heterocycles. The van der Waals surface area contributed by atoms with E-state index in [4.69, 9.17) is 5.73 Å². The van der Waals surface area contributed by atoms with Gasteiger partial charge in [-0.1, -0.05) is 30.3 Å². The minimum atomic E-state index is 0.351. The van der Waals surface area contributed by atoms with E-state index in [1.54, 1.807) is 0 Å². The summed E-state index contributed by atoms with van der Waals surface area (Å²) in [5.41, 5.74) is 10.6. The number of aromatic nitrogens is 4. The summed E-state index contributed by atoms with van der Waals surface area (Å²) in [5, 5.41) is 4.62. The lowest BCUT2D eigenvalue weighted by atomic mass is 10.0. The lowest BCUT2D eigenvalue weighted by Crippen LogP contribution is -2.36. The Morgan fingerprint density at radius 2 is 2.04 bits per heavy atom. The Kier molecular flexibility index (Phi) is 4.21. The number of nitrogens with two attached hydrogens (primary N) is 1. The van der Waals surface area contributed by atoms with E-state index >= 15 is 0 Å². The Balaban J connectivity index is 1.63. The molecule has 132 valence electrons. The van der Waals surface area contributed by atoms with Crippen LogP contribution in [0, 0.1) is 6.92 Å². The molecule has 0 bridgehead atoms. The number of rotatable bonds is 4. The Bertz CT molecular complexity index is 863. The molecular weight excluding hydrogens is 312 g/mol. The van der Waals surface area contributed by atoms with Crippen LogP contribution < -0.4 is 5.73 Å². The predicted molar refractivity (Wildman–Crippen MR) is 100 cm³/mol. The van der Waals surface area contributed by atoms with Crippen molar-refractivity contribution in [1.82, 2.24) is 24.2 Å². The summed E-state index contributed by atoms with van der Waals surface area (Å²) in [7, 11) is 0. The van der Waals surface area contributed by atoms with E-state index in [9.17, 15) is 0 Å². The van der Waals surface area contributed by atoms with Gasteiger partial charge in [-0.05, 0) is 38.8 Å². The summed E-state index contributed by atoms with van der Waals surface area (Å²) in [5.74, 6) is 0.615. The van der Waals surface area contributed by atoms with Crippen molar-refractivity contribution in [1.29, 1.82) is 0 Å². The third kappa shape index (κ3) is 2.91. The maximum absolute atomic E-state index is 6.31. The highest BCUT2D eigenvalue weighted by atomic mass is 15.4. The van der Waals surface area contributed by atoms with Crippen LogP contribution in [0.3, 0.4) is 0 Å². The van der Waals surface area contributed by atoms with Gasteiger partial charge in [0.1, 0.15) is 5.52 Å². The average molecular weight is 338 g/mol. The van der Waals surface area contributed by atoms with Crippen LogP contribution in [0.4, 0.5) is 5.95 Å². The van der Waals surface area contributed by atoms with Gasteiger partial charge in [-0.15, -0.1) is 0 Å². The van der Waals surface area contributed by atoms with Crippen LogP contribution in [0.1, 0.15) is 37.1 Å². The van der Waals surface area contributed by atoms with Gasteiger partial charge in [0.2, 0.25) is 5.95 Å². The molecule has 6 nitrogen and oxygen atoms in total. The maximum atomic E-state index is 6.31. The highest BCUT2D eigenvalue weighted by Crippen LogP contribution is 2.30. The average Bonchev–Trinajstić information content (AvgIpc) is 3.12. The van der Waals surface area contributed by atoms with Gasteiger partial charge in [0, 0.05) is 19.6 Å². The largest absolute Gasteiger partial charge is 0.369 e. The molecule has 25 heavy (non-hydrogen) atoms. The third-order valence-electron chi connectivity index (χ3n) is 5.17. The number of hydrogen-bond donors (Lipinski definition) is 1. The van der Waals surface area contributed by atoms with Crippen molar-refractivity contribution in [3.63, 3.8) is 0 Å². The van der Waals surface area contributed by atoms with Gasteiger partial charge in [-0.2, -0.15) is 5.10 Å². The summed E-state index contributed by atoms with van der Waals surface area (Å²) in [6.07, 6.45) is 2.31. The molecule has 6 heteroatoms. The summed E-state index contributed by atoms with van der Waals surface area (Å²) in [4.78, 5) is 7.13. The van der Waals surface area contributed by atoms with Crippen LogP contribution >= 0.6 is 0 Å². The van der Waals surface area contributed by atoms with Gasteiger partial charge < -0.3 is 5.73 Å². The molecule has 3 aromatic rings. The topological polar surface area (TPSA) is 64.9 Å². The van der Waals surface area contributed by atoms with Gasteiger partial charge in [0.25, 0.3) is 0 Å². The number of likely N-dealkylation sites (tertiary alicyclic amines) is 1. The molecule has 0 spiro atoms. The fraction of sp³-hybridized carbons (Fsp3) is 0.474. The minimum Gasteiger partial charge on any atom is -0.369 e. The fourth-order valence-electron chi connectivity index (χ4n) is 4.01. The highest BCUT2D eigenvalue weighted by molar-refractivity contribution is 5.77. The van der Waals surface area contributed by atoms with Crippen LogP contribution in [-0.2, 0) is 13.1 Å². The van der Waals surface area contributed by atoms with Crippen molar-refractivity contribution in [2.24, 2.45) is 0 Å². The monoisotopic (exact) mass is 338 g/mol. The molecule has 0 aliphatic carbocycles. The van der Waals surface area contributed by atoms with Crippen LogP contribution in [0.5, 0.6) is 0 Å². The van der Waals surface area contributed by atoms with Gasteiger partial charge in [-0.3, -0.25) is 9.47 Å². The first-order valence-corrected chi connectivity index (χ1v) is 9.14. The number of nitrogen functional groups attached to an aromatic ring is 1. The third-order valence-corrected chi connectivity index (χ3v) is 5.17. The molecule has 0 amide bonds. The zero-order valence-corrected chi connectivity index (χ0v) is 15.0. The van der Waals surface area contributed by atoms with E-state index in [0.717, 1.165) is 49.5 Å². The van der Waals surface area contributed by atoms with Crippen molar-refractivity contribution >= 4 is 17.1 Å². The lowest BCUT2D eigenvalue weighted by Gasteiger charge is -2.34. The van der Waals surface area contributed by atoms with Crippen molar-refractivity contribution in [3.8, 4) is 0 Å². The second-order valence-electron chi connectivity index (χ2n) is 6.93. The summed E-state index contributed by atoms with van der Waals surface area (Å²) < 4.78 is 4.25. The van der Waals surface area contributed by atoms with E-state index in [2.05, 4.69) is 56.8 Å². The van der Waals surface area contributed by atoms with E-state index in [1.807, 2.05) is 11.6 Å². The number of nitrogens with zero attached hydrogens (tertiary/aromatic N) is 5. The molecule has 1 aliphatic rings. The van der Waals surface area contributed by atoms with Crippen LogP contribution in [-0.4, -0.2) is 37.3 Å². The molecule has 4 rings (SSSR count). The number of piperidine rings is 1. The summed E-state index contributed by atoms with van der Waals surface area (Å²) >= 11 is 0. The second kappa shape index (κ2) is 6.52. The van der Waals surface area contributed by atoms with Crippen LogP contribution in [0.2, 0.25) is 0 Å². The van der Waals surface area contributed by atoms with Crippen molar-refractivity contribution in [3.05, 3.63) is 41.6 Å². The molecular formula is C19H26N6. The number of imidazole rings is 1. The van der Waals surface area contributed by atoms with Gasteiger partial charge in [0.05, 0.1) is 11.7 Å². The Morgan fingerprint density at radius 3 is 2.80 bits per heavy atom. The Hall–Kier alpha value is -2.34. The molecule has 0 radical (unpaired) electrons. The van der Waals surface area contributed by atoms with E-state index in [0.29, 0.717) is 12.0 Å². The van der Waals surface area contributed by atoms with E-state index < -0.39 is 0 Å². The molecule has 1 unspecified atom stereocenters. The van der Waals surface area contributed by atoms with Crippen LogP contribution in [0.25, 0.3) is 11.2 Å². The fourth-order valence-corrected chi connectivity index (χ4v) is 4.01. The first-order chi connectivity index (χ1) is 12.2. The summed E-state index contributed by atoms with van der Waals surface area (Å²) in [6.45, 7) is 8.07. The summed E-state index contributed by atoms with van der Waals surface area (Å²) in [6, 6.07) is 11.0. The zero-order valence-electron chi connectivity index (χ0n) is 15.0. The van der Waals surface area contributed by atoms with Crippen molar-refractivity contribution < 1.29 is 0 Å². The Labute approximate surface area is 148 Å². The molecule has 1 atom stereocenters. The Morgan fingerprint density at radius 1 is 1.24 bits per heavy atom. The number of hydrogen-bond acceptors (Lipinski definition) is 4. The van der Waals surface area contributed by atoms with Gasteiger partial charge >= 0.3 is 0 Å². The van der Waals surface area contributed by atoms with Crippen molar-refractivity contribution in [2.45, 2.75) is 45.8 Å². The molecule has 1 aliphatic heterocycles. The first-order valence-electron chi connectivity index (χ1n) is 9.14. The number of aryl methyl sites for hydroxylation is 2. The minimum absolute atomic E-state index is 0.351. The normalized spacial score (nSPS) is 18.9. The number of fused-ring (bicyclic) bond motifs is 1. The van der Waals surface area contributed by atoms with Gasteiger partial charge in [-0.25, -0.2) is 9.67 Å². The quantitative estimate of drug-likeness (QED) is 0.794. The molecule has 1 saturated heterocycles. The van der Waals surface area contributed by atoms with Crippen LogP contribution in [0.15, 0.2) is 30.3 Å². The smallest absolute Gasteiger partial charge is 0.202 e. The molecule has 3 heterocycles. The molecule has 1 aromatic carbocycles. The van der Waals surface area contributed by atoms with Crippen molar-refractivity contribution in [2.75, 3.05) is 18.8 Å². The maximum Gasteiger partial charge on any atom is 0.202 e. The van der Waals surface area contributed by atoms with E-state index in [1.165, 1.54) is 12.0 Å². The molecule has 0 saturated carbocycles. The molecule has 2 N–H and O–H groups in total. The number of benzene rings is 1. The van der Waals surface area contributed by atoms with Gasteiger partial charge in [0.15, 0.2) is 5.65 Å².